The minimum atomic E-state index is -0.823. The Hall–Kier alpha value is -0.0700. The van der Waals surface area contributed by atoms with Gasteiger partial charge in [-0.25, -0.2) is 0 Å². The number of amides is 1. The van der Waals surface area contributed by atoms with Crippen molar-refractivity contribution in [2.75, 3.05) is 36.6 Å². The monoisotopic (exact) mass is 250 g/mol. The van der Waals surface area contributed by atoms with Crippen LogP contribution in [0.3, 0.4) is 0 Å². The molecule has 15 heavy (non-hydrogen) atoms. The highest BCUT2D eigenvalue weighted by atomic mass is 32.2. The minimum absolute atomic E-state index is 0.0560. The van der Waals surface area contributed by atoms with Crippen LogP contribution in [0.15, 0.2) is 0 Å². The maximum absolute atomic E-state index is 11.4. The van der Waals surface area contributed by atoms with Crippen molar-refractivity contribution in [3.05, 3.63) is 0 Å². The van der Waals surface area contributed by atoms with Gasteiger partial charge in [-0.1, -0.05) is 0 Å². The highest BCUT2D eigenvalue weighted by molar-refractivity contribution is 7.99. The van der Waals surface area contributed by atoms with Crippen molar-refractivity contribution in [1.82, 2.24) is 10.6 Å². The molecule has 0 aromatic rings. The van der Waals surface area contributed by atoms with Gasteiger partial charge in [-0.05, 0) is 0 Å². The van der Waals surface area contributed by atoms with Crippen LogP contribution in [0.4, 0.5) is 0 Å². The average Bonchev–Trinajstić information content (AvgIpc) is 2.18. The quantitative estimate of drug-likeness (QED) is 0.695. The van der Waals surface area contributed by atoms with Gasteiger partial charge >= 0.3 is 0 Å². The molecule has 2 N–H and O–H groups in total. The molecule has 2 atom stereocenters. The highest BCUT2D eigenvalue weighted by Gasteiger charge is 2.16. The Bertz CT molecular complexity index is 230. The molecule has 0 spiro atoms. The molecule has 88 valence electrons. The standard InChI is InChI=1S/C9H18N2O2S2/c1-15(13)5-3-11-9(12)6-8-7-14-4-2-10-8/h8,10H,2-7H2,1H3,(H,11,12). The van der Waals surface area contributed by atoms with Crippen molar-refractivity contribution < 1.29 is 9.00 Å². The summed E-state index contributed by atoms with van der Waals surface area (Å²) in [5, 5.41) is 6.09. The fraction of sp³-hybridized carbons (Fsp3) is 0.889. The van der Waals surface area contributed by atoms with Crippen LogP contribution in [-0.4, -0.2) is 52.8 Å². The topological polar surface area (TPSA) is 58.2 Å². The van der Waals surface area contributed by atoms with Crippen molar-refractivity contribution in [3.63, 3.8) is 0 Å². The van der Waals surface area contributed by atoms with E-state index in [1.165, 1.54) is 0 Å². The Labute approximate surface area is 97.4 Å². The number of carbonyl (C=O) groups is 1. The van der Waals surface area contributed by atoms with Gasteiger partial charge in [-0.15, -0.1) is 0 Å². The van der Waals surface area contributed by atoms with E-state index in [4.69, 9.17) is 0 Å². The summed E-state index contributed by atoms with van der Waals surface area (Å²) in [6, 6.07) is 0.302. The first-order valence-electron chi connectivity index (χ1n) is 5.06. The highest BCUT2D eigenvalue weighted by Crippen LogP contribution is 2.09. The molecule has 1 heterocycles. The van der Waals surface area contributed by atoms with E-state index in [2.05, 4.69) is 10.6 Å². The Kier molecular flexibility index (Phi) is 6.28. The van der Waals surface area contributed by atoms with Crippen molar-refractivity contribution >= 4 is 28.5 Å². The lowest BCUT2D eigenvalue weighted by atomic mass is 10.2. The summed E-state index contributed by atoms with van der Waals surface area (Å²) >= 11 is 1.88. The van der Waals surface area contributed by atoms with Crippen LogP contribution in [-0.2, 0) is 15.6 Å². The third-order valence-electron chi connectivity index (χ3n) is 2.14. The fourth-order valence-electron chi connectivity index (χ4n) is 1.38. The van der Waals surface area contributed by atoms with Crippen LogP contribution < -0.4 is 10.6 Å². The Morgan fingerprint density at radius 1 is 1.67 bits per heavy atom. The predicted octanol–water partition coefficient (Wildman–Crippen LogP) is -0.424. The number of nitrogens with one attached hydrogen (secondary N) is 2. The van der Waals surface area contributed by atoms with Gasteiger partial charge in [-0.3, -0.25) is 9.00 Å². The molecule has 1 saturated heterocycles. The molecule has 0 saturated carbocycles. The fourth-order valence-corrected chi connectivity index (χ4v) is 2.72. The van der Waals surface area contributed by atoms with E-state index < -0.39 is 10.8 Å². The molecule has 0 bridgehead atoms. The summed E-state index contributed by atoms with van der Waals surface area (Å²) in [4.78, 5) is 11.4. The molecule has 0 aromatic carbocycles. The van der Waals surface area contributed by atoms with Gasteiger partial charge in [0, 0.05) is 59.9 Å². The number of rotatable bonds is 5. The Balaban J connectivity index is 2.09. The summed E-state index contributed by atoms with van der Waals surface area (Å²) < 4.78 is 10.8. The van der Waals surface area contributed by atoms with Crippen LogP contribution in [0, 0.1) is 0 Å². The molecule has 2 unspecified atom stereocenters. The van der Waals surface area contributed by atoms with Gasteiger partial charge in [0.25, 0.3) is 0 Å². The maximum Gasteiger partial charge on any atom is 0.221 e. The molecule has 1 fully saturated rings. The largest absolute Gasteiger partial charge is 0.355 e. The van der Waals surface area contributed by atoms with Crippen LogP contribution in [0.5, 0.6) is 0 Å². The molecule has 0 aliphatic carbocycles. The maximum atomic E-state index is 11.4. The second-order valence-corrected chi connectivity index (χ2v) is 6.26. The average molecular weight is 250 g/mol. The van der Waals surface area contributed by atoms with Crippen LogP contribution in [0.25, 0.3) is 0 Å². The summed E-state index contributed by atoms with van der Waals surface area (Å²) in [5.74, 6) is 2.74. The normalized spacial score (nSPS) is 23.4. The number of hydrogen-bond donors (Lipinski definition) is 2. The molecule has 1 aliphatic rings. The summed E-state index contributed by atoms with van der Waals surface area (Å²) in [6.07, 6.45) is 2.18. The van der Waals surface area contributed by atoms with E-state index in [-0.39, 0.29) is 5.91 Å². The van der Waals surface area contributed by atoms with Gasteiger partial charge in [0.2, 0.25) is 5.91 Å². The van der Waals surface area contributed by atoms with Gasteiger partial charge in [0.15, 0.2) is 0 Å². The zero-order chi connectivity index (χ0) is 11.1. The van der Waals surface area contributed by atoms with E-state index >= 15 is 0 Å². The van der Waals surface area contributed by atoms with Crippen LogP contribution in [0.1, 0.15) is 6.42 Å². The first-order valence-corrected chi connectivity index (χ1v) is 7.94. The lowest BCUT2D eigenvalue weighted by molar-refractivity contribution is -0.121. The molecule has 0 radical (unpaired) electrons. The second kappa shape index (κ2) is 7.24. The van der Waals surface area contributed by atoms with E-state index in [1.807, 2.05) is 11.8 Å². The van der Waals surface area contributed by atoms with Gasteiger partial charge in [0.1, 0.15) is 0 Å². The van der Waals surface area contributed by atoms with Crippen LogP contribution >= 0.6 is 11.8 Å². The second-order valence-electron chi connectivity index (χ2n) is 3.56. The first-order chi connectivity index (χ1) is 7.18. The summed E-state index contributed by atoms with van der Waals surface area (Å²) in [5.41, 5.74) is 0. The SMILES string of the molecule is CS(=O)CCNC(=O)CC1CSCCN1. The zero-order valence-corrected chi connectivity index (χ0v) is 10.6. The van der Waals surface area contributed by atoms with E-state index in [1.54, 1.807) is 6.26 Å². The molecule has 6 heteroatoms. The first kappa shape index (κ1) is 13.0. The molecule has 0 aromatic heterocycles. The third-order valence-corrected chi connectivity index (χ3v) is 4.05. The Morgan fingerprint density at radius 2 is 2.47 bits per heavy atom. The Morgan fingerprint density at radius 3 is 3.07 bits per heavy atom. The smallest absolute Gasteiger partial charge is 0.221 e. The number of thioether (sulfide) groups is 1. The van der Waals surface area contributed by atoms with Crippen molar-refractivity contribution in [3.8, 4) is 0 Å². The van der Waals surface area contributed by atoms with Crippen molar-refractivity contribution in [2.45, 2.75) is 12.5 Å². The van der Waals surface area contributed by atoms with Gasteiger partial charge < -0.3 is 10.6 Å². The molecular weight excluding hydrogens is 232 g/mol. The molecule has 1 amide bonds. The zero-order valence-electron chi connectivity index (χ0n) is 8.95. The van der Waals surface area contributed by atoms with E-state index in [9.17, 15) is 9.00 Å². The third kappa shape index (κ3) is 6.17. The predicted molar refractivity (Wildman–Crippen MR) is 65.7 cm³/mol. The van der Waals surface area contributed by atoms with Crippen LogP contribution in [0.2, 0.25) is 0 Å². The van der Waals surface area contributed by atoms with E-state index in [0.29, 0.717) is 24.8 Å². The van der Waals surface area contributed by atoms with Crippen molar-refractivity contribution in [2.24, 2.45) is 0 Å². The van der Waals surface area contributed by atoms with Gasteiger partial charge in [-0.2, -0.15) is 11.8 Å². The summed E-state index contributed by atoms with van der Waals surface area (Å²) in [7, 11) is -0.823. The lowest BCUT2D eigenvalue weighted by Gasteiger charge is -2.22. The number of carbonyl (C=O) groups excluding carboxylic acids is 1. The van der Waals surface area contributed by atoms with E-state index in [0.717, 1.165) is 18.1 Å². The minimum Gasteiger partial charge on any atom is -0.355 e. The molecule has 1 aliphatic heterocycles. The molecule has 4 nitrogen and oxygen atoms in total. The van der Waals surface area contributed by atoms with Crippen molar-refractivity contribution in [1.29, 1.82) is 0 Å². The lowest BCUT2D eigenvalue weighted by Crippen LogP contribution is -2.41. The van der Waals surface area contributed by atoms with Gasteiger partial charge in [0.05, 0.1) is 0 Å². The molecule has 1 rings (SSSR count). The molecular formula is C9H18N2O2S2. The number of hydrogen-bond acceptors (Lipinski definition) is 4. The summed E-state index contributed by atoms with van der Waals surface area (Å²) in [6.45, 7) is 1.50.